The van der Waals surface area contributed by atoms with Gasteiger partial charge in [0.1, 0.15) is 11.6 Å². The van der Waals surface area contributed by atoms with E-state index in [4.69, 9.17) is 4.74 Å². The molecule has 1 heterocycles. The summed E-state index contributed by atoms with van der Waals surface area (Å²) in [5, 5.41) is 14.6. The van der Waals surface area contributed by atoms with Crippen LogP contribution in [0.5, 0.6) is 5.75 Å². The molecule has 1 aromatic carbocycles. The molecule has 96 valence electrons. The molecule has 2 aromatic rings. The second-order valence-electron chi connectivity index (χ2n) is 4.18. The normalized spacial score (nSPS) is 12.4. The average Bonchev–Trinajstić information content (AvgIpc) is 2.44. The fraction of sp³-hybridized carbons (Fsp3) is 0.357. The smallest absolute Gasteiger partial charge is 0.134 e. The van der Waals surface area contributed by atoms with Crippen LogP contribution in [0.4, 0.5) is 5.82 Å². The van der Waals surface area contributed by atoms with Crippen LogP contribution in [-0.4, -0.2) is 29.8 Å². The highest BCUT2D eigenvalue weighted by Crippen LogP contribution is 2.26. The first-order chi connectivity index (χ1) is 8.78. The Morgan fingerprint density at radius 3 is 2.89 bits per heavy atom. The molecule has 1 unspecified atom stereocenters. The second kappa shape index (κ2) is 5.69. The van der Waals surface area contributed by atoms with Crippen LogP contribution in [0.15, 0.2) is 30.5 Å². The number of pyridine rings is 1. The van der Waals surface area contributed by atoms with Gasteiger partial charge in [-0.15, -0.1) is 0 Å². The summed E-state index contributed by atoms with van der Waals surface area (Å²) in [7, 11) is 1.65. The Hall–Kier alpha value is -1.81. The van der Waals surface area contributed by atoms with Gasteiger partial charge >= 0.3 is 0 Å². The Labute approximate surface area is 107 Å². The van der Waals surface area contributed by atoms with Gasteiger partial charge in [-0.3, -0.25) is 0 Å². The van der Waals surface area contributed by atoms with E-state index in [-0.39, 0.29) is 12.6 Å². The molecule has 0 aliphatic heterocycles. The summed E-state index contributed by atoms with van der Waals surface area (Å²) in [4.78, 5) is 4.34. The molecule has 0 amide bonds. The predicted molar refractivity (Wildman–Crippen MR) is 73.1 cm³/mol. The Balaban J connectivity index is 2.42. The zero-order valence-corrected chi connectivity index (χ0v) is 10.7. The SMILES string of the molecule is CCC(CO)Nc1nccc2ccc(OC)cc12. The summed E-state index contributed by atoms with van der Waals surface area (Å²) in [6, 6.07) is 7.86. The van der Waals surface area contributed by atoms with E-state index in [1.165, 1.54) is 0 Å². The first-order valence-electron chi connectivity index (χ1n) is 6.08. The van der Waals surface area contributed by atoms with Crippen molar-refractivity contribution < 1.29 is 9.84 Å². The second-order valence-corrected chi connectivity index (χ2v) is 4.18. The van der Waals surface area contributed by atoms with E-state index < -0.39 is 0 Å². The first kappa shape index (κ1) is 12.6. The van der Waals surface area contributed by atoms with Crippen LogP contribution < -0.4 is 10.1 Å². The van der Waals surface area contributed by atoms with Crippen molar-refractivity contribution in [1.82, 2.24) is 4.98 Å². The van der Waals surface area contributed by atoms with E-state index in [9.17, 15) is 5.11 Å². The van der Waals surface area contributed by atoms with Gasteiger partial charge in [-0.25, -0.2) is 4.98 Å². The van der Waals surface area contributed by atoms with Gasteiger partial charge in [0, 0.05) is 11.6 Å². The number of benzene rings is 1. The van der Waals surface area contributed by atoms with E-state index >= 15 is 0 Å². The topological polar surface area (TPSA) is 54.4 Å². The quantitative estimate of drug-likeness (QED) is 0.850. The maximum Gasteiger partial charge on any atom is 0.134 e. The summed E-state index contributed by atoms with van der Waals surface area (Å²) in [5.74, 6) is 1.59. The number of nitrogens with one attached hydrogen (secondary N) is 1. The van der Waals surface area contributed by atoms with Crippen molar-refractivity contribution in [3.8, 4) is 5.75 Å². The van der Waals surface area contributed by atoms with E-state index in [0.717, 1.165) is 28.8 Å². The largest absolute Gasteiger partial charge is 0.497 e. The van der Waals surface area contributed by atoms with Gasteiger partial charge in [0.2, 0.25) is 0 Å². The number of ether oxygens (including phenoxy) is 1. The minimum Gasteiger partial charge on any atom is -0.497 e. The molecule has 1 atom stereocenters. The van der Waals surface area contributed by atoms with Crippen molar-refractivity contribution in [1.29, 1.82) is 0 Å². The van der Waals surface area contributed by atoms with Crippen LogP contribution in [0.2, 0.25) is 0 Å². The number of aromatic nitrogens is 1. The number of hydrogen-bond donors (Lipinski definition) is 2. The lowest BCUT2D eigenvalue weighted by Crippen LogP contribution is -2.23. The zero-order chi connectivity index (χ0) is 13.0. The van der Waals surface area contributed by atoms with E-state index in [1.807, 2.05) is 31.2 Å². The number of anilines is 1. The van der Waals surface area contributed by atoms with Crippen molar-refractivity contribution in [2.24, 2.45) is 0 Å². The highest BCUT2D eigenvalue weighted by Gasteiger charge is 2.08. The van der Waals surface area contributed by atoms with Gasteiger partial charge in [-0.05, 0) is 30.0 Å². The number of aliphatic hydroxyl groups is 1. The lowest BCUT2D eigenvalue weighted by molar-refractivity contribution is 0.271. The molecule has 0 saturated heterocycles. The molecule has 4 nitrogen and oxygen atoms in total. The molecule has 0 spiro atoms. The first-order valence-corrected chi connectivity index (χ1v) is 6.08. The van der Waals surface area contributed by atoms with Crippen LogP contribution in [0.3, 0.4) is 0 Å². The lowest BCUT2D eigenvalue weighted by atomic mass is 10.1. The van der Waals surface area contributed by atoms with Crippen LogP contribution in [-0.2, 0) is 0 Å². The van der Waals surface area contributed by atoms with Gasteiger partial charge < -0.3 is 15.2 Å². The maximum absolute atomic E-state index is 9.25. The molecule has 18 heavy (non-hydrogen) atoms. The van der Waals surface area contributed by atoms with E-state index in [0.29, 0.717) is 0 Å². The molecule has 2 N–H and O–H groups in total. The summed E-state index contributed by atoms with van der Waals surface area (Å²) < 4.78 is 5.23. The lowest BCUT2D eigenvalue weighted by Gasteiger charge is -2.16. The number of fused-ring (bicyclic) bond motifs is 1. The molecule has 0 radical (unpaired) electrons. The van der Waals surface area contributed by atoms with Crippen molar-refractivity contribution >= 4 is 16.6 Å². The number of rotatable bonds is 5. The van der Waals surface area contributed by atoms with Crippen molar-refractivity contribution in [2.75, 3.05) is 19.0 Å². The number of nitrogens with zero attached hydrogens (tertiary/aromatic N) is 1. The summed E-state index contributed by atoms with van der Waals surface area (Å²) >= 11 is 0. The Bertz CT molecular complexity index is 524. The van der Waals surface area contributed by atoms with E-state index in [1.54, 1.807) is 13.3 Å². The minimum absolute atomic E-state index is 0.0225. The number of methoxy groups -OCH3 is 1. The van der Waals surface area contributed by atoms with Gasteiger partial charge in [0.05, 0.1) is 19.8 Å². The Morgan fingerprint density at radius 2 is 2.22 bits per heavy atom. The molecule has 0 aliphatic rings. The van der Waals surface area contributed by atoms with Crippen molar-refractivity contribution in [3.05, 3.63) is 30.5 Å². The zero-order valence-electron chi connectivity index (χ0n) is 10.7. The summed E-state index contributed by atoms with van der Waals surface area (Å²) in [6.07, 6.45) is 2.61. The van der Waals surface area contributed by atoms with Gasteiger partial charge in [0.15, 0.2) is 0 Å². The molecule has 0 bridgehead atoms. The monoisotopic (exact) mass is 246 g/mol. The molecule has 0 saturated carbocycles. The molecule has 0 aliphatic carbocycles. The average molecular weight is 246 g/mol. The molecular weight excluding hydrogens is 228 g/mol. The fourth-order valence-electron chi connectivity index (χ4n) is 1.86. The van der Waals surface area contributed by atoms with Gasteiger partial charge in [-0.2, -0.15) is 0 Å². The molecule has 1 aromatic heterocycles. The Morgan fingerprint density at radius 1 is 1.39 bits per heavy atom. The van der Waals surface area contributed by atoms with Crippen LogP contribution in [0, 0.1) is 0 Å². The van der Waals surface area contributed by atoms with Crippen LogP contribution >= 0.6 is 0 Å². The van der Waals surface area contributed by atoms with Crippen LogP contribution in [0.25, 0.3) is 10.8 Å². The number of hydrogen-bond acceptors (Lipinski definition) is 4. The van der Waals surface area contributed by atoms with Crippen molar-refractivity contribution in [2.45, 2.75) is 19.4 Å². The predicted octanol–water partition coefficient (Wildman–Crippen LogP) is 2.43. The van der Waals surface area contributed by atoms with Crippen LogP contribution in [0.1, 0.15) is 13.3 Å². The molecular formula is C14H18N2O2. The van der Waals surface area contributed by atoms with Gasteiger partial charge in [0.25, 0.3) is 0 Å². The summed E-state index contributed by atoms with van der Waals surface area (Å²) in [5.41, 5.74) is 0. The molecule has 4 heteroatoms. The maximum atomic E-state index is 9.25. The Kier molecular flexibility index (Phi) is 3.99. The number of aliphatic hydroxyl groups excluding tert-OH is 1. The highest BCUT2D eigenvalue weighted by atomic mass is 16.5. The van der Waals surface area contributed by atoms with E-state index in [2.05, 4.69) is 10.3 Å². The third-order valence-electron chi connectivity index (χ3n) is 3.03. The van der Waals surface area contributed by atoms with Gasteiger partial charge in [-0.1, -0.05) is 13.0 Å². The minimum atomic E-state index is 0.0225. The standard InChI is InChI=1S/C14H18N2O2/c1-3-11(9-17)16-14-13-8-12(18-2)5-4-10(13)6-7-15-14/h4-8,11,17H,3,9H2,1-2H3,(H,15,16). The molecule has 2 rings (SSSR count). The van der Waals surface area contributed by atoms with Crippen molar-refractivity contribution in [3.63, 3.8) is 0 Å². The summed E-state index contributed by atoms with van der Waals surface area (Å²) in [6.45, 7) is 2.12. The highest BCUT2D eigenvalue weighted by molar-refractivity contribution is 5.92. The fourth-order valence-corrected chi connectivity index (χ4v) is 1.86. The third-order valence-corrected chi connectivity index (χ3v) is 3.03. The third kappa shape index (κ3) is 2.54. The molecule has 0 fully saturated rings.